The lowest BCUT2D eigenvalue weighted by molar-refractivity contribution is 0.468. The maximum Gasteiger partial charge on any atom is 0.173 e. The molecule has 0 atom stereocenters. The molecule has 2 N–H and O–H groups in total. The van der Waals surface area contributed by atoms with Crippen LogP contribution in [0, 0.1) is 5.82 Å². The van der Waals surface area contributed by atoms with E-state index < -0.39 is 0 Å². The molecule has 0 spiro atoms. The van der Waals surface area contributed by atoms with E-state index in [1.54, 1.807) is 24.3 Å². The van der Waals surface area contributed by atoms with Gasteiger partial charge >= 0.3 is 0 Å². The number of halogens is 1. The van der Waals surface area contributed by atoms with Crippen LogP contribution in [0.25, 0.3) is 0 Å². The van der Waals surface area contributed by atoms with Crippen LogP contribution < -0.4 is 10.2 Å². The van der Waals surface area contributed by atoms with Gasteiger partial charge in [0.15, 0.2) is 5.11 Å². The fourth-order valence-corrected chi connectivity index (χ4v) is 2.32. The van der Waals surface area contributed by atoms with Crippen molar-refractivity contribution in [2.24, 2.45) is 0 Å². The second kappa shape index (κ2) is 7.75. The van der Waals surface area contributed by atoms with Crippen LogP contribution in [0.5, 0.6) is 5.75 Å². The monoisotopic (exact) mass is 318 g/mol. The van der Waals surface area contributed by atoms with E-state index in [9.17, 15) is 9.50 Å². The molecule has 0 aliphatic heterocycles. The molecule has 2 aromatic carbocycles. The Morgan fingerprint density at radius 1 is 1.18 bits per heavy atom. The molecule has 116 valence electrons. The Morgan fingerprint density at radius 2 is 1.86 bits per heavy atom. The van der Waals surface area contributed by atoms with E-state index >= 15 is 0 Å². The summed E-state index contributed by atoms with van der Waals surface area (Å²) < 4.78 is 13.1. The highest BCUT2D eigenvalue weighted by atomic mass is 32.1. The number of phenolic OH excluding ortho intramolecular Hbond substituents is 1. The van der Waals surface area contributed by atoms with Gasteiger partial charge in [0.05, 0.1) is 6.54 Å². The summed E-state index contributed by atoms with van der Waals surface area (Å²) in [4.78, 5) is 1.85. The summed E-state index contributed by atoms with van der Waals surface area (Å²) in [6, 6.07) is 13.3. The zero-order chi connectivity index (χ0) is 15.9. The molecule has 0 fully saturated rings. The first-order chi connectivity index (χ1) is 10.6. The molecule has 5 heteroatoms. The van der Waals surface area contributed by atoms with Crippen molar-refractivity contribution in [1.82, 2.24) is 5.32 Å². The number of para-hydroxylation sites is 1. The molecule has 3 nitrogen and oxygen atoms in total. The van der Waals surface area contributed by atoms with Crippen molar-refractivity contribution in [2.75, 3.05) is 11.4 Å². The number of nitrogens with zero attached hydrogens (tertiary/aromatic N) is 1. The lowest BCUT2D eigenvalue weighted by Gasteiger charge is -2.26. The summed E-state index contributed by atoms with van der Waals surface area (Å²) in [6.07, 6.45) is 0.952. The fourth-order valence-electron chi connectivity index (χ4n) is 2.04. The second-order valence-electron chi connectivity index (χ2n) is 4.92. The summed E-state index contributed by atoms with van der Waals surface area (Å²) >= 11 is 5.44. The van der Waals surface area contributed by atoms with Crippen molar-refractivity contribution in [3.8, 4) is 5.75 Å². The number of nitrogens with one attached hydrogen (secondary N) is 1. The van der Waals surface area contributed by atoms with Crippen LogP contribution in [0.1, 0.15) is 18.9 Å². The third-order valence-corrected chi connectivity index (χ3v) is 3.59. The van der Waals surface area contributed by atoms with Crippen molar-refractivity contribution >= 4 is 23.0 Å². The Bertz CT molecular complexity index is 631. The Balaban J connectivity index is 2.27. The van der Waals surface area contributed by atoms with Gasteiger partial charge in [0.25, 0.3) is 0 Å². The molecule has 0 radical (unpaired) electrons. The second-order valence-corrected chi connectivity index (χ2v) is 5.31. The van der Waals surface area contributed by atoms with Gasteiger partial charge in [-0.05, 0) is 49.0 Å². The number of rotatable bonds is 5. The molecule has 0 unspecified atom stereocenters. The lowest BCUT2D eigenvalue weighted by Crippen LogP contribution is -2.39. The average Bonchev–Trinajstić information content (AvgIpc) is 2.53. The summed E-state index contributed by atoms with van der Waals surface area (Å²) in [5.74, 6) is -0.0772. The Kier molecular flexibility index (Phi) is 5.72. The third kappa shape index (κ3) is 4.18. The van der Waals surface area contributed by atoms with E-state index in [4.69, 9.17) is 12.2 Å². The molecule has 2 aromatic rings. The predicted molar refractivity (Wildman–Crippen MR) is 91.6 cm³/mol. The van der Waals surface area contributed by atoms with Gasteiger partial charge in [-0.15, -0.1) is 0 Å². The van der Waals surface area contributed by atoms with Gasteiger partial charge < -0.3 is 15.3 Å². The van der Waals surface area contributed by atoms with E-state index in [0.29, 0.717) is 11.7 Å². The van der Waals surface area contributed by atoms with Gasteiger partial charge in [0.1, 0.15) is 11.6 Å². The van der Waals surface area contributed by atoms with Gasteiger partial charge in [-0.1, -0.05) is 25.1 Å². The van der Waals surface area contributed by atoms with Gasteiger partial charge in [0, 0.05) is 17.8 Å². The van der Waals surface area contributed by atoms with Crippen molar-refractivity contribution in [3.05, 3.63) is 59.9 Å². The van der Waals surface area contributed by atoms with Crippen molar-refractivity contribution < 1.29 is 9.50 Å². The number of phenols is 1. The third-order valence-electron chi connectivity index (χ3n) is 3.23. The van der Waals surface area contributed by atoms with Crippen LogP contribution in [-0.4, -0.2) is 16.8 Å². The first-order valence-electron chi connectivity index (χ1n) is 7.19. The Morgan fingerprint density at radius 3 is 2.50 bits per heavy atom. The minimum absolute atomic E-state index is 0.216. The number of hydrogen-bond donors (Lipinski definition) is 2. The van der Waals surface area contributed by atoms with E-state index in [1.165, 1.54) is 12.1 Å². The average molecular weight is 318 g/mol. The molecule has 0 aliphatic rings. The molecule has 2 rings (SSSR count). The van der Waals surface area contributed by atoms with Crippen LogP contribution in [0.3, 0.4) is 0 Å². The van der Waals surface area contributed by atoms with Gasteiger partial charge in [0.2, 0.25) is 0 Å². The molecule has 0 heterocycles. The van der Waals surface area contributed by atoms with Crippen LogP contribution in [0.2, 0.25) is 0 Å². The van der Waals surface area contributed by atoms with Crippen LogP contribution in [-0.2, 0) is 6.54 Å². The SMILES string of the molecule is CCCNC(=S)N(Cc1ccccc1O)c1ccc(F)cc1. The molecular weight excluding hydrogens is 299 g/mol. The standard InChI is InChI=1S/C17H19FN2OS/c1-2-11-19-17(22)20(15-9-7-14(18)8-10-15)12-13-5-3-4-6-16(13)21/h3-10,21H,2,11-12H2,1H3,(H,19,22). The zero-order valence-electron chi connectivity index (χ0n) is 12.4. The van der Waals surface area contributed by atoms with E-state index in [2.05, 4.69) is 12.2 Å². The topological polar surface area (TPSA) is 35.5 Å². The maximum atomic E-state index is 13.1. The summed E-state index contributed by atoms with van der Waals surface area (Å²) in [5.41, 5.74) is 1.53. The number of benzene rings is 2. The minimum Gasteiger partial charge on any atom is -0.508 e. The largest absolute Gasteiger partial charge is 0.508 e. The molecule has 0 saturated carbocycles. The van der Waals surface area contributed by atoms with Crippen molar-refractivity contribution in [3.63, 3.8) is 0 Å². The molecule has 0 saturated heterocycles. The van der Waals surface area contributed by atoms with E-state index in [1.807, 2.05) is 17.0 Å². The first-order valence-corrected chi connectivity index (χ1v) is 7.60. The number of thiocarbonyl (C=S) groups is 1. The molecular formula is C17H19FN2OS. The normalized spacial score (nSPS) is 10.3. The zero-order valence-corrected chi connectivity index (χ0v) is 13.2. The highest BCUT2D eigenvalue weighted by molar-refractivity contribution is 7.80. The molecule has 22 heavy (non-hydrogen) atoms. The number of aromatic hydroxyl groups is 1. The summed E-state index contributed by atoms with van der Waals surface area (Å²) in [7, 11) is 0. The minimum atomic E-state index is -0.293. The Labute approximate surface area is 135 Å². The van der Waals surface area contributed by atoms with E-state index in [0.717, 1.165) is 24.2 Å². The lowest BCUT2D eigenvalue weighted by atomic mass is 10.1. The van der Waals surface area contributed by atoms with Crippen LogP contribution in [0.4, 0.5) is 10.1 Å². The first kappa shape index (κ1) is 16.2. The summed E-state index contributed by atoms with van der Waals surface area (Å²) in [5, 5.41) is 13.7. The smallest absolute Gasteiger partial charge is 0.173 e. The highest BCUT2D eigenvalue weighted by Gasteiger charge is 2.14. The maximum absolute atomic E-state index is 13.1. The van der Waals surface area contributed by atoms with Gasteiger partial charge in [-0.3, -0.25) is 0 Å². The van der Waals surface area contributed by atoms with Crippen molar-refractivity contribution in [1.29, 1.82) is 0 Å². The predicted octanol–water partition coefficient (Wildman–Crippen LogP) is 3.82. The summed E-state index contributed by atoms with van der Waals surface area (Å²) in [6.45, 7) is 3.23. The quantitative estimate of drug-likeness (QED) is 0.822. The molecule has 0 amide bonds. The molecule has 0 aliphatic carbocycles. The van der Waals surface area contributed by atoms with Crippen LogP contribution in [0.15, 0.2) is 48.5 Å². The van der Waals surface area contributed by atoms with Gasteiger partial charge in [-0.2, -0.15) is 0 Å². The molecule has 0 aromatic heterocycles. The van der Waals surface area contributed by atoms with Gasteiger partial charge in [-0.25, -0.2) is 4.39 Å². The van der Waals surface area contributed by atoms with Crippen molar-refractivity contribution in [2.45, 2.75) is 19.9 Å². The fraction of sp³-hybridized carbons (Fsp3) is 0.235. The highest BCUT2D eigenvalue weighted by Crippen LogP contribution is 2.23. The molecule has 0 bridgehead atoms. The number of anilines is 1. The van der Waals surface area contributed by atoms with E-state index in [-0.39, 0.29) is 11.6 Å². The number of hydrogen-bond acceptors (Lipinski definition) is 2. The Hall–Kier alpha value is -2.14. The van der Waals surface area contributed by atoms with Crippen LogP contribution >= 0.6 is 12.2 Å².